The molecule has 3 aromatic carbocycles. The number of rotatable bonds is 4. The summed E-state index contributed by atoms with van der Waals surface area (Å²) in [6.45, 7) is 4.19. The third kappa shape index (κ3) is 5.23. The fraction of sp³-hybridized carbons (Fsp3) is 0.0682. The van der Waals surface area contributed by atoms with Gasteiger partial charge in [-0.15, -0.1) is 0 Å². The number of aliphatic hydroxyl groups is 1. The molecular formula is C44H34N4O2. The van der Waals surface area contributed by atoms with Gasteiger partial charge in [0, 0.05) is 22.2 Å². The van der Waals surface area contributed by atoms with Crippen molar-refractivity contribution < 1.29 is 9.52 Å². The summed E-state index contributed by atoms with van der Waals surface area (Å²) in [5.74, 6) is 0. The van der Waals surface area contributed by atoms with E-state index in [4.69, 9.17) is 9.40 Å². The number of benzene rings is 3. The molecule has 10 bridgehead atoms. The number of nitrogens with zero attached hydrogens (tertiary/aromatic N) is 1. The monoisotopic (exact) mass is 650 g/mol. The van der Waals surface area contributed by atoms with Crippen LogP contribution in [-0.2, 0) is 6.61 Å². The Morgan fingerprint density at radius 3 is 1.42 bits per heavy atom. The van der Waals surface area contributed by atoms with Gasteiger partial charge in [0.25, 0.3) is 0 Å². The lowest BCUT2D eigenvalue weighted by atomic mass is 10.0. The van der Waals surface area contributed by atoms with Crippen LogP contribution in [0.15, 0.2) is 126 Å². The Labute approximate surface area is 288 Å². The highest BCUT2D eigenvalue weighted by Gasteiger charge is 2.15. The molecule has 0 saturated carbocycles. The predicted molar refractivity (Wildman–Crippen MR) is 205 cm³/mol. The Hall–Kier alpha value is -6.37. The van der Waals surface area contributed by atoms with Gasteiger partial charge >= 0.3 is 0 Å². The number of fused-ring (bicyclic) bond motifs is 12. The second-order valence-corrected chi connectivity index (χ2v) is 12.9. The molecule has 8 aromatic rings. The van der Waals surface area contributed by atoms with Crippen LogP contribution >= 0.6 is 0 Å². The second kappa shape index (κ2) is 11.9. The van der Waals surface area contributed by atoms with Crippen molar-refractivity contribution in [1.82, 2.24) is 19.9 Å². The maximum Gasteiger partial charge on any atom is 0.137 e. The van der Waals surface area contributed by atoms with Crippen LogP contribution in [-0.4, -0.2) is 25.0 Å². The highest BCUT2D eigenvalue weighted by Crippen LogP contribution is 2.36. The third-order valence-corrected chi connectivity index (χ3v) is 9.53. The van der Waals surface area contributed by atoms with Crippen LogP contribution in [0.1, 0.15) is 28.1 Å². The molecular weight excluding hydrogens is 617 g/mol. The SMILES string of the molecule is Cc1ccc(-c2c3ccc([nH]3)c3nc(c(-c4ccc(CO)cc4)c4ccc([nH]4)c4ccc([nH]4)c(-c4ccc(C)cc4)c4ccc2o4)C=C3)cc1. The highest BCUT2D eigenvalue weighted by molar-refractivity contribution is 5.99. The Bertz CT molecular complexity index is 2740. The quantitative estimate of drug-likeness (QED) is 0.153. The van der Waals surface area contributed by atoms with E-state index in [0.29, 0.717) is 0 Å². The largest absolute Gasteiger partial charge is 0.456 e. The molecule has 9 rings (SSSR count). The fourth-order valence-corrected chi connectivity index (χ4v) is 6.86. The van der Waals surface area contributed by atoms with Crippen molar-refractivity contribution >= 4 is 56.4 Å². The standard InChI is InChI=1S/C44H34N4O2/c1-26-3-9-30(10-4-26)43-38-21-17-34(47-38)32-15-19-36(45-32)42(29-13-7-28(25-49)8-14-29)37-20-16-33(46-37)35-18-22-39(48-35)44(41-24-23-40(43)50-41)31-11-5-27(2)6-12-31/h3-24,45,47-49H,25H2,1-2H3. The Morgan fingerprint density at radius 2 is 0.880 bits per heavy atom. The molecule has 6 nitrogen and oxygen atoms in total. The molecule has 0 spiro atoms. The molecule has 0 atom stereocenters. The molecule has 0 fully saturated rings. The van der Waals surface area contributed by atoms with Gasteiger partial charge < -0.3 is 24.5 Å². The summed E-state index contributed by atoms with van der Waals surface area (Å²) in [6.07, 6.45) is 4.13. The van der Waals surface area contributed by atoms with E-state index in [1.807, 2.05) is 24.3 Å². The smallest absolute Gasteiger partial charge is 0.137 e. The molecule has 0 saturated heterocycles. The molecule has 242 valence electrons. The van der Waals surface area contributed by atoms with Gasteiger partial charge in [-0.25, -0.2) is 4.98 Å². The molecule has 4 N–H and O–H groups in total. The lowest BCUT2D eigenvalue weighted by Gasteiger charge is -2.05. The predicted octanol–water partition coefficient (Wildman–Crippen LogP) is 11.1. The number of H-pyrrole nitrogens is 3. The molecule has 6 heterocycles. The zero-order chi connectivity index (χ0) is 33.8. The van der Waals surface area contributed by atoms with E-state index >= 15 is 0 Å². The lowest BCUT2D eigenvalue weighted by Crippen LogP contribution is -1.87. The van der Waals surface area contributed by atoms with Crippen molar-refractivity contribution in [3.63, 3.8) is 0 Å². The number of aromatic amines is 3. The Balaban J connectivity index is 1.42. The van der Waals surface area contributed by atoms with Gasteiger partial charge in [0.05, 0.1) is 45.6 Å². The molecule has 1 aliphatic heterocycles. The number of nitrogens with one attached hydrogen (secondary N) is 3. The first kappa shape index (κ1) is 29.7. The van der Waals surface area contributed by atoms with E-state index in [2.05, 4.69) is 138 Å². The van der Waals surface area contributed by atoms with Crippen molar-refractivity contribution in [2.24, 2.45) is 0 Å². The van der Waals surface area contributed by atoms with Crippen LogP contribution in [0.25, 0.3) is 89.8 Å². The minimum absolute atomic E-state index is 0.00656. The maximum absolute atomic E-state index is 9.72. The number of aromatic nitrogens is 4. The minimum atomic E-state index is -0.00656. The summed E-state index contributed by atoms with van der Waals surface area (Å²) in [5.41, 5.74) is 18.2. The van der Waals surface area contributed by atoms with Gasteiger partial charge in [-0.3, -0.25) is 0 Å². The topological polar surface area (TPSA) is 93.6 Å². The first-order valence-corrected chi connectivity index (χ1v) is 16.8. The summed E-state index contributed by atoms with van der Waals surface area (Å²) in [6, 6.07) is 41.9. The third-order valence-electron chi connectivity index (χ3n) is 9.53. The number of aryl methyl sites for hydroxylation is 2. The van der Waals surface area contributed by atoms with E-state index in [1.165, 1.54) is 11.1 Å². The zero-order valence-electron chi connectivity index (χ0n) is 27.7. The lowest BCUT2D eigenvalue weighted by molar-refractivity contribution is 0.282. The second-order valence-electron chi connectivity index (χ2n) is 12.9. The van der Waals surface area contributed by atoms with Crippen LogP contribution in [0.2, 0.25) is 0 Å². The van der Waals surface area contributed by atoms with Crippen molar-refractivity contribution in [3.05, 3.63) is 149 Å². The van der Waals surface area contributed by atoms with E-state index in [0.717, 1.165) is 94.6 Å². The van der Waals surface area contributed by atoms with Gasteiger partial charge in [-0.2, -0.15) is 0 Å². The van der Waals surface area contributed by atoms with Gasteiger partial charge in [-0.05, 0) is 96.8 Å². The Kier molecular flexibility index (Phi) is 7.11. The number of aliphatic hydroxyl groups excluding tert-OH is 1. The van der Waals surface area contributed by atoms with E-state index in [1.54, 1.807) is 0 Å². The summed E-state index contributed by atoms with van der Waals surface area (Å²) < 4.78 is 6.84. The van der Waals surface area contributed by atoms with E-state index < -0.39 is 0 Å². The molecule has 50 heavy (non-hydrogen) atoms. The normalized spacial score (nSPS) is 11.9. The van der Waals surface area contributed by atoms with Crippen LogP contribution in [0, 0.1) is 13.8 Å². The number of furan rings is 1. The van der Waals surface area contributed by atoms with E-state index in [-0.39, 0.29) is 6.61 Å². The van der Waals surface area contributed by atoms with Gasteiger partial charge in [0.15, 0.2) is 0 Å². The van der Waals surface area contributed by atoms with Crippen molar-refractivity contribution in [2.75, 3.05) is 0 Å². The number of hydrogen-bond donors (Lipinski definition) is 4. The molecule has 1 aliphatic rings. The maximum atomic E-state index is 9.72. The van der Waals surface area contributed by atoms with Crippen molar-refractivity contribution in [1.29, 1.82) is 0 Å². The van der Waals surface area contributed by atoms with E-state index in [9.17, 15) is 5.11 Å². The van der Waals surface area contributed by atoms with Crippen LogP contribution in [0.5, 0.6) is 0 Å². The van der Waals surface area contributed by atoms with Crippen molar-refractivity contribution in [3.8, 4) is 33.4 Å². The van der Waals surface area contributed by atoms with Crippen LogP contribution in [0.3, 0.4) is 0 Å². The van der Waals surface area contributed by atoms with Gasteiger partial charge in [0.1, 0.15) is 11.2 Å². The Morgan fingerprint density at radius 1 is 0.460 bits per heavy atom. The first-order chi connectivity index (χ1) is 24.5. The average Bonchev–Trinajstić information content (AvgIpc) is 3.98. The fourth-order valence-electron chi connectivity index (χ4n) is 6.86. The summed E-state index contributed by atoms with van der Waals surface area (Å²) in [7, 11) is 0. The molecule has 0 amide bonds. The first-order valence-electron chi connectivity index (χ1n) is 16.8. The minimum Gasteiger partial charge on any atom is -0.456 e. The molecule has 0 unspecified atom stereocenters. The summed E-state index contributed by atoms with van der Waals surface area (Å²) >= 11 is 0. The van der Waals surface area contributed by atoms with Gasteiger partial charge in [-0.1, -0.05) is 83.9 Å². The van der Waals surface area contributed by atoms with Crippen LogP contribution in [0.4, 0.5) is 0 Å². The zero-order valence-corrected chi connectivity index (χ0v) is 27.7. The molecule has 5 aromatic heterocycles. The molecule has 6 heteroatoms. The van der Waals surface area contributed by atoms with Crippen molar-refractivity contribution in [2.45, 2.75) is 20.5 Å². The van der Waals surface area contributed by atoms with Crippen LogP contribution < -0.4 is 0 Å². The summed E-state index contributed by atoms with van der Waals surface area (Å²) in [5, 5.41) is 9.72. The van der Waals surface area contributed by atoms with Gasteiger partial charge in [0.2, 0.25) is 0 Å². The molecule has 0 aliphatic carbocycles. The average molecular weight is 651 g/mol. The highest BCUT2D eigenvalue weighted by atomic mass is 16.3. The summed E-state index contributed by atoms with van der Waals surface area (Å²) in [4.78, 5) is 16.2. The number of hydrogen-bond acceptors (Lipinski definition) is 3. The molecule has 0 radical (unpaired) electrons.